The SMILES string of the molecule is CC(=O)Nc1ccc(CN2CCOC(C(=O)N(Cc3ccc4c(c3)OCCO4)CC(C)C)C2)cc1. The van der Waals surface area contributed by atoms with Gasteiger partial charge in [0.05, 0.1) is 6.61 Å². The fourth-order valence-corrected chi connectivity index (χ4v) is 4.43. The van der Waals surface area contributed by atoms with Gasteiger partial charge < -0.3 is 24.4 Å². The first kappa shape index (κ1) is 25.0. The van der Waals surface area contributed by atoms with Crippen LogP contribution in [-0.2, 0) is 27.4 Å². The minimum atomic E-state index is -0.502. The molecule has 0 radical (unpaired) electrons. The third-order valence-electron chi connectivity index (χ3n) is 5.98. The van der Waals surface area contributed by atoms with E-state index in [1.165, 1.54) is 6.92 Å². The fourth-order valence-electron chi connectivity index (χ4n) is 4.43. The first-order chi connectivity index (χ1) is 16.9. The Labute approximate surface area is 207 Å². The van der Waals surface area contributed by atoms with Crippen molar-refractivity contribution in [3.8, 4) is 11.5 Å². The van der Waals surface area contributed by atoms with E-state index in [0.29, 0.717) is 45.4 Å². The van der Waals surface area contributed by atoms with Gasteiger partial charge in [0.2, 0.25) is 5.91 Å². The molecule has 188 valence electrons. The molecule has 35 heavy (non-hydrogen) atoms. The number of nitrogens with zero attached hydrogens (tertiary/aromatic N) is 2. The Bertz CT molecular complexity index is 1020. The van der Waals surface area contributed by atoms with E-state index in [-0.39, 0.29) is 11.8 Å². The molecule has 2 aliphatic rings. The molecule has 2 aliphatic heterocycles. The van der Waals surface area contributed by atoms with Gasteiger partial charge in [0.15, 0.2) is 11.5 Å². The van der Waals surface area contributed by atoms with Crippen molar-refractivity contribution in [1.82, 2.24) is 9.80 Å². The zero-order valence-electron chi connectivity index (χ0n) is 20.8. The standard InChI is InChI=1S/C27H35N3O5/c1-19(2)15-30(17-22-6-9-24-25(14-22)35-13-12-34-24)27(32)26-18-29(10-11-33-26)16-21-4-7-23(8-5-21)28-20(3)31/h4-9,14,19,26H,10-13,15-18H2,1-3H3,(H,28,31). The number of rotatable bonds is 8. The fraction of sp³-hybridized carbons (Fsp3) is 0.481. The van der Waals surface area contributed by atoms with Gasteiger partial charge in [-0.05, 0) is 41.3 Å². The highest BCUT2D eigenvalue weighted by Gasteiger charge is 2.31. The zero-order chi connectivity index (χ0) is 24.8. The summed E-state index contributed by atoms with van der Waals surface area (Å²) in [5.41, 5.74) is 2.91. The van der Waals surface area contributed by atoms with E-state index in [1.54, 1.807) is 0 Å². The van der Waals surface area contributed by atoms with E-state index >= 15 is 0 Å². The minimum Gasteiger partial charge on any atom is -0.486 e. The maximum absolute atomic E-state index is 13.6. The third-order valence-corrected chi connectivity index (χ3v) is 5.98. The van der Waals surface area contributed by atoms with E-state index in [9.17, 15) is 9.59 Å². The Morgan fingerprint density at radius 2 is 1.74 bits per heavy atom. The highest BCUT2D eigenvalue weighted by Crippen LogP contribution is 2.31. The first-order valence-electron chi connectivity index (χ1n) is 12.2. The van der Waals surface area contributed by atoms with Gasteiger partial charge in [0.1, 0.15) is 19.3 Å². The molecule has 2 amide bonds. The van der Waals surface area contributed by atoms with Crippen LogP contribution in [0.4, 0.5) is 5.69 Å². The third kappa shape index (κ3) is 6.96. The number of hydrogen-bond acceptors (Lipinski definition) is 6. The number of amides is 2. The molecular weight excluding hydrogens is 446 g/mol. The van der Waals surface area contributed by atoms with Gasteiger partial charge in [-0.1, -0.05) is 32.0 Å². The predicted molar refractivity (Wildman–Crippen MR) is 133 cm³/mol. The van der Waals surface area contributed by atoms with Gasteiger partial charge in [-0.25, -0.2) is 0 Å². The van der Waals surface area contributed by atoms with E-state index in [0.717, 1.165) is 41.4 Å². The quantitative estimate of drug-likeness (QED) is 0.623. The summed E-state index contributed by atoms with van der Waals surface area (Å²) in [6, 6.07) is 13.7. The molecule has 8 heteroatoms. The average molecular weight is 482 g/mol. The molecule has 1 unspecified atom stereocenters. The van der Waals surface area contributed by atoms with Crippen LogP contribution in [0.15, 0.2) is 42.5 Å². The second kappa shape index (κ2) is 11.6. The van der Waals surface area contributed by atoms with E-state index in [4.69, 9.17) is 14.2 Å². The molecule has 1 atom stereocenters. The summed E-state index contributed by atoms with van der Waals surface area (Å²) in [5.74, 6) is 1.74. The number of ether oxygens (including phenoxy) is 3. The van der Waals surface area contributed by atoms with Crippen molar-refractivity contribution in [3.05, 3.63) is 53.6 Å². The van der Waals surface area contributed by atoms with Crippen LogP contribution in [0.1, 0.15) is 31.9 Å². The number of morpholine rings is 1. The van der Waals surface area contributed by atoms with Gasteiger partial charge >= 0.3 is 0 Å². The van der Waals surface area contributed by atoms with E-state index in [1.807, 2.05) is 47.4 Å². The zero-order valence-corrected chi connectivity index (χ0v) is 20.8. The Morgan fingerprint density at radius 1 is 1.03 bits per heavy atom. The molecule has 0 saturated carbocycles. The minimum absolute atomic E-state index is 0.0132. The summed E-state index contributed by atoms with van der Waals surface area (Å²) in [6.45, 7) is 10.5. The molecule has 2 heterocycles. The van der Waals surface area contributed by atoms with Crippen molar-refractivity contribution < 1.29 is 23.8 Å². The Hall–Kier alpha value is -3.10. The highest BCUT2D eigenvalue weighted by molar-refractivity contribution is 5.88. The Balaban J connectivity index is 1.40. The largest absolute Gasteiger partial charge is 0.486 e. The van der Waals surface area contributed by atoms with Crippen molar-refractivity contribution in [2.75, 3.05) is 44.8 Å². The molecule has 0 spiro atoms. The number of carbonyl (C=O) groups is 2. The maximum Gasteiger partial charge on any atom is 0.253 e. The van der Waals surface area contributed by atoms with Crippen molar-refractivity contribution in [3.63, 3.8) is 0 Å². The number of fused-ring (bicyclic) bond motifs is 1. The normalized spacial score (nSPS) is 17.8. The number of anilines is 1. The molecule has 4 rings (SSSR count). The first-order valence-corrected chi connectivity index (χ1v) is 12.2. The lowest BCUT2D eigenvalue weighted by atomic mass is 10.1. The van der Waals surface area contributed by atoms with Crippen LogP contribution in [0, 0.1) is 5.92 Å². The van der Waals surface area contributed by atoms with Crippen LogP contribution in [0.3, 0.4) is 0 Å². The molecule has 8 nitrogen and oxygen atoms in total. The van der Waals surface area contributed by atoms with Gasteiger partial charge in [0, 0.05) is 45.3 Å². The molecule has 2 aromatic rings. The summed E-state index contributed by atoms with van der Waals surface area (Å²) < 4.78 is 17.3. The predicted octanol–water partition coefficient (Wildman–Crippen LogP) is 3.30. The van der Waals surface area contributed by atoms with Gasteiger partial charge in [-0.3, -0.25) is 14.5 Å². The number of benzene rings is 2. The van der Waals surface area contributed by atoms with Gasteiger partial charge in [-0.2, -0.15) is 0 Å². The lowest BCUT2D eigenvalue weighted by molar-refractivity contribution is -0.151. The highest BCUT2D eigenvalue weighted by atomic mass is 16.6. The monoisotopic (exact) mass is 481 g/mol. The van der Waals surface area contributed by atoms with Crippen LogP contribution in [0.25, 0.3) is 0 Å². The van der Waals surface area contributed by atoms with Crippen molar-refractivity contribution >= 4 is 17.5 Å². The molecule has 1 saturated heterocycles. The van der Waals surface area contributed by atoms with Crippen LogP contribution in [-0.4, -0.2) is 67.2 Å². The van der Waals surface area contributed by atoms with Gasteiger partial charge in [-0.15, -0.1) is 0 Å². The van der Waals surface area contributed by atoms with Crippen LogP contribution in [0.5, 0.6) is 11.5 Å². The molecular formula is C27H35N3O5. The average Bonchev–Trinajstić information content (AvgIpc) is 2.84. The Kier molecular flexibility index (Phi) is 8.25. The summed E-state index contributed by atoms with van der Waals surface area (Å²) in [5, 5.41) is 2.78. The number of hydrogen-bond donors (Lipinski definition) is 1. The van der Waals surface area contributed by atoms with Crippen LogP contribution >= 0.6 is 0 Å². The number of carbonyl (C=O) groups excluding carboxylic acids is 2. The summed E-state index contributed by atoms with van der Waals surface area (Å²) >= 11 is 0. The Morgan fingerprint density at radius 3 is 2.46 bits per heavy atom. The second-order valence-corrected chi connectivity index (χ2v) is 9.56. The van der Waals surface area contributed by atoms with Crippen LogP contribution in [0.2, 0.25) is 0 Å². The van der Waals surface area contributed by atoms with E-state index < -0.39 is 6.10 Å². The lowest BCUT2D eigenvalue weighted by Gasteiger charge is -2.35. The maximum atomic E-state index is 13.6. The molecule has 2 aromatic carbocycles. The van der Waals surface area contributed by atoms with Gasteiger partial charge in [0.25, 0.3) is 5.91 Å². The molecule has 0 aliphatic carbocycles. The van der Waals surface area contributed by atoms with Crippen molar-refractivity contribution in [2.45, 2.75) is 40.0 Å². The van der Waals surface area contributed by atoms with Crippen molar-refractivity contribution in [1.29, 1.82) is 0 Å². The van der Waals surface area contributed by atoms with E-state index in [2.05, 4.69) is 24.1 Å². The second-order valence-electron chi connectivity index (χ2n) is 9.56. The topological polar surface area (TPSA) is 80.3 Å². The summed E-state index contributed by atoms with van der Waals surface area (Å²) in [6.07, 6.45) is -0.502. The smallest absolute Gasteiger partial charge is 0.253 e. The molecule has 1 N–H and O–H groups in total. The molecule has 0 aromatic heterocycles. The molecule has 1 fully saturated rings. The lowest BCUT2D eigenvalue weighted by Crippen LogP contribution is -2.51. The van der Waals surface area contributed by atoms with Crippen LogP contribution < -0.4 is 14.8 Å². The summed E-state index contributed by atoms with van der Waals surface area (Å²) in [7, 11) is 0. The summed E-state index contributed by atoms with van der Waals surface area (Å²) in [4.78, 5) is 28.9. The molecule has 0 bridgehead atoms. The van der Waals surface area contributed by atoms with Crippen molar-refractivity contribution in [2.24, 2.45) is 5.92 Å². The number of nitrogens with one attached hydrogen (secondary N) is 1.